The zero-order valence-corrected chi connectivity index (χ0v) is 28.6. The summed E-state index contributed by atoms with van der Waals surface area (Å²) in [5, 5.41) is 0. The highest BCUT2D eigenvalue weighted by Crippen LogP contribution is 2.32. The summed E-state index contributed by atoms with van der Waals surface area (Å²) >= 11 is 0. The second kappa shape index (κ2) is 10.5. The molecule has 26 heavy (non-hydrogen) atoms. The fourth-order valence-corrected chi connectivity index (χ4v) is 26.5. The van der Waals surface area contributed by atoms with Crippen molar-refractivity contribution in [2.24, 2.45) is 0 Å². The van der Waals surface area contributed by atoms with E-state index in [0.717, 1.165) is 10.5 Å². The second-order valence-corrected chi connectivity index (χ2v) is 33.8. The molecular formula is C11H40O7Si8. The van der Waals surface area contributed by atoms with Crippen LogP contribution in [0.4, 0.5) is 0 Å². The van der Waals surface area contributed by atoms with Crippen LogP contribution >= 0.6 is 0 Å². The molecule has 1 aliphatic rings. The zero-order chi connectivity index (χ0) is 20.9. The first-order chi connectivity index (χ1) is 11.4. The average molecular weight is 509 g/mol. The van der Waals surface area contributed by atoms with Crippen molar-refractivity contribution >= 4 is 73.1 Å². The predicted octanol–water partition coefficient (Wildman–Crippen LogP) is 1.02. The van der Waals surface area contributed by atoms with Crippen LogP contribution in [-0.2, 0) is 28.8 Å². The van der Waals surface area contributed by atoms with Crippen molar-refractivity contribution in [3.05, 3.63) is 0 Å². The van der Waals surface area contributed by atoms with Gasteiger partial charge in [-0.2, -0.15) is 0 Å². The van der Waals surface area contributed by atoms with Crippen molar-refractivity contribution in [1.29, 1.82) is 0 Å². The fourth-order valence-electron chi connectivity index (χ4n) is 2.48. The molecule has 1 fully saturated rings. The third kappa shape index (κ3) is 14.5. The Bertz CT molecular complexity index is 402. The van der Waals surface area contributed by atoms with E-state index in [4.69, 9.17) is 28.8 Å². The summed E-state index contributed by atoms with van der Waals surface area (Å²) in [5.41, 5.74) is 0. The lowest BCUT2D eigenvalue weighted by molar-refractivity contribution is 0.171. The molecule has 0 amide bonds. The van der Waals surface area contributed by atoms with Crippen LogP contribution in [0.5, 0.6) is 0 Å². The maximum Gasteiger partial charge on any atom is 0.469 e. The van der Waals surface area contributed by atoms with E-state index in [9.17, 15) is 0 Å². The first kappa shape index (κ1) is 27.5. The Balaban J connectivity index is 0.000000541. The quantitative estimate of drug-likeness (QED) is 0.376. The van der Waals surface area contributed by atoms with Gasteiger partial charge in [-0.25, -0.2) is 0 Å². The van der Waals surface area contributed by atoms with Gasteiger partial charge in [-0.1, -0.05) is 0 Å². The predicted molar refractivity (Wildman–Crippen MR) is 128 cm³/mol. The van der Waals surface area contributed by atoms with E-state index in [1.54, 1.807) is 0 Å². The van der Waals surface area contributed by atoms with E-state index < -0.39 is 62.6 Å². The Kier molecular flexibility index (Phi) is 11.1. The van der Waals surface area contributed by atoms with Crippen LogP contribution in [0, 0.1) is 0 Å². The standard InChI is InChI=1S/C8H24O4Si4.C3H16O3Si4/c1-13(2,3)9-16(8)11-14(4,5)10-15(6,7)12-16;1-10(2,3)6-9-5-8-4-7/h1-8H3;8-9H2,1-3,7H3. The van der Waals surface area contributed by atoms with E-state index in [1.807, 2.05) is 6.55 Å². The SMILES string of the molecule is C[Si](C)(C)O[SiH2]O[SiH2]O[SiH3].C[Si](C)(C)O[Si]1(C)O[Si](C)(C)O[Si](C)(C)O1. The van der Waals surface area contributed by atoms with Crippen molar-refractivity contribution in [1.82, 2.24) is 0 Å². The van der Waals surface area contributed by atoms with Gasteiger partial charge in [-0.15, -0.1) is 0 Å². The lowest BCUT2D eigenvalue weighted by Gasteiger charge is -2.48. The molecule has 0 saturated carbocycles. The minimum absolute atomic E-state index is 0.627. The van der Waals surface area contributed by atoms with Crippen molar-refractivity contribution in [2.75, 3.05) is 0 Å². The molecular weight excluding hydrogens is 469 g/mol. The summed E-state index contributed by atoms with van der Waals surface area (Å²) in [6.45, 7) is 23.3. The molecule has 7 nitrogen and oxygen atoms in total. The summed E-state index contributed by atoms with van der Waals surface area (Å²) in [6.07, 6.45) is 0. The van der Waals surface area contributed by atoms with Gasteiger partial charge in [0, 0.05) is 6.55 Å². The van der Waals surface area contributed by atoms with E-state index in [-0.39, 0.29) is 0 Å². The third-order valence-corrected chi connectivity index (χ3v) is 23.6. The number of hydrogen-bond acceptors (Lipinski definition) is 7. The first-order valence-corrected chi connectivity index (χ1v) is 26.7. The summed E-state index contributed by atoms with van der Waals surface area (Å²) in [6, 6.07) is 0. The Hall–Kier alpha value is 1.46. The van der Waals surface area contributed by atoms with Crippen LogP contribution in [0.1, 0.15) is 0 Å². The molecule has 1 aliphatic heterocycles. The summed E-state index contributed by atoms with van der Waals surface area (Å²) in [5.74, 6) is 0. The topological polar surface area (TPSA) is 64.6 Å². The minimum atomic E-state index is -2.48. The van der Waals surface area contributed by atoms with Crippen LogP contribution in [0.25, 0.3) is 0 Å². The van der Waals surface area contributed by atoms with Crippen LogP contribution in [0.2, 0.25) is 72.0 Å². The molecule has 0 aliphatic carbocycles. The second-order valence-electron chi connectivity index (χ2n) is 9.17. The summed E-state index contributed by atoms with van der Waals surface area (Å²) < 4.78 is 40.0. The van der Waals surface area contributed by atoms with Gasteiger partial charge >= 0.3 is 25.9 Å². The van der Waals surface area contributed by atoms with Gasteiger partial charge in [0.1, 0.15) is 10.5 Å². The van der Waals surface area contributed by atoms with Gasteiger partial charge < -0.3 is 28.8 Å². The Morgan fingerprint density at radius 3 is 1.54 bits per heavy atom. The maximum atomic E-state index is 6.16. The summed E-state index contributed by atoms with van der Waals surface area (Å²) in [7, 11) is -10.0. The largest absolute Gasteiger partial charge is 0.469 e. The molecule has 15 heteroatoms. The fraction of sp³-hybridized carbons (Fsp3) is 1.00. The smallest absolute Gasteiger partial charge is 0.449 e. The molecule has 1 heterocycles. The molecule has 1 saturated heterocycles. The Morgan fingerprint density at radius 2 is 1.19 bits per heavy atom. The normalized spacial score (nSPS) is 22.7. The summed E-state index contributed by atoms with van der Waals surface area (Å²) in [4.78, 5) is 0. The van der Waals surface area contributed by atoms with Crippen LogP contribution in [0.3, 0.4) is 0 Å². The van der Waals surface area contributed by atoms with Crippen LogP contribution in [-0.4, -0.2) is 73.1 Å². The van der Waals surface area contributed by atoms with Gasteiger partial charge in [-0.05, 0) is 65.5 Å². The molecule has 0 bridgehead atoms. The number of hydrogen-bond donors (Lipinski definition) is 0. The van der Waals surface area contributed by atoms with E-state index >= 15 is 0 Å². The monoisotopic (exact) mass is 508 g/mol. The van der Waals surface area contributed by atoms with Gasteiger partial charge in [0.2, 0.25) is 0 Å². The van der Waals surface area contributed by atoms with Crippen LogP contribution < -0.4 is 0 Å². The lowest BCUT2D eigenvalue weighted by atomic mass is 11.8. The van der Waals surface area contributed by atoms with Crippen molar-refractivity contribution in [2.45, 2.75) is 72.0 Å². The van der Waals surface area contributed by atoms with Gasteiger partial charge in [0.05, 0.1) is 0 Å². The molecule has 1 rings (SSSR count). The van der Waals surface area contributed by atoms with E-state index in [1.165, 1.54) is 0 Å². The molecule has 0 radical (unpaired) electrons. The van der Waals surface area contributed by atoms with E-state index in [2.05, 4.69) is 65.5 Å². The Labute approximate surface area is 173 Å². The van der Waals surface area contributed by atoms with Crippen molar-refractivity contribution < 1.29 is 28.8 Å². The molecule has 0 aromatic rings. The minimum Gasteiger partial charge on any atom is -0.449 e. The molecule has 158 valence electrons. The van der Waals surface area contributed by atoms with E-state index in [0.29, 0.717) is 0 Å². The Morgan fingerprint density at radius 1 is 0.731 bits per heavy atom. The molecule has 0 aromatic carbocycles. The molecule has 0 spiro atoms. The van der Waals surface area contributed by atoms with Crippen LogP contribution in [0.15, 0.2) is 0 Å². The molecule has 0 atom stereocenters. The van der Waals surface area contributed by atoms with Gasteiger partial charge in [0.15, 0.2) is 16.6 Å². The highest BCUT2D eigenvalue weighted by molar-refractivity contribution is 6.93. The number of rotatable bonds is 7. The zero-order valence-electron chi connectivity index (χ0n) is 18.8. The average Bonchev–Trinajstić information content (AvgIpc) is 2.26. The van der Waals surface area contributed by atoms with Gasteiger partial charge in [-0.3, -0.25) is 0 Å². The van der Waals surface area contributed by atoms with Crippen molar-refractivity contribution in [3.63, 3.8) is 0 Å². The molecule has 0 aromatic heterocycles. The van der Waals surface area contributed by atoms with Crippen molar-refractivity contribution in [3.8, 4) is 0 Å². The van der Waals surface area contributed by atoms with Gasteiger partial charge in [0.25, 0.3) is 20.0 Å². The molecule has 0 N–H and O–H groups in total. The third-order valence-electron chi connectivity index (χ3n) is 2.62. The molecule has 0 unspecified atom stereocenters. The lowest BCUT2D eigenvalue weighted by Crippen LogP contribution is -2.68. The highest BCUT2D eigenvalue weighted by atomic mass is 28.5. The maximum absolute atomic E-state index is 6.16. The highest BCUT2D eigenvalue weighted by Gasteiger charge is 2.55. The first-order valence-electron chi connectivity index (χ1n) is 8.90.